The third-order valence-electron chi connectivity index (χ3n) is 2.70. The van der Waals surface area contributed by atoms with Gasteiger partial charge in [0, 0.05) is 13.0 Å². The fourth-order valence-electron chi connectivity index (χ4n) is 1.73. The molecule has 3 heteroatoms. The lowest BCUT2D eigenvalue weighted by atomic mass is 9.85. The summed E-state index contributed by atoms with van der Waals surface area (Å²) in [5.41, 5.74) is -0.881. The molecule has 1 atom stereocenters. The van der Waals surface area contributed by atoms with Gasteiger partial charge in [-0.2, -0.15) is 0 Å². The number of methoxy groups -OCH3 is 1. The zero-order chi connectivity index (χ0) is 12.2. The van der Waals surface area contributed by atoms with Gasteiger partial charge < -0.3 is 4.74 Å². The first-order valence-electron chi connectivity index (χ1n) is 5.29. The van der Waals surface area contributed by atoms with Crippen molar-refractivity contribution in [2.24, 2.45) is 5.92 Å². The van der Waals surface area contributed by atoms with Crippen molar-refractivity contribution in [3.8, 4) is 0 Å². The molecular weight excluding hydrogens is 207 g/mol. The predicted molar refractivity (Wildman–Crippen MR) is 60.9 cm³/mol. The minimum absolute atomic E-state index is 0.233. The van der Waals surface area contributed by atoms with E-state index in [9.17, 15) is 9.18 Å². The van der Waals surface area contributed by atoms with Crippen LogP contribution in [0.3, 0.4) is 0 Å². The molecule has 0 saturated carbocycles. The van der Waals surface area contributed by atoms with E-state index in [0.29, 0.717) is 5.56 Å². The smallest absolute Gasteiger partial charge is 0.179 e. The van der Waals surface area contributed by atoms with E-state index in [0.717, 1.165) is 0 Å². The Labute approximate surface area is 95.4 Å². The van der Waals surface area contributed by atoms with Gasteiger partial charge in [0.25, 0.3) is 0 Å². The van der Waals surface area contributed by atoms with Crippen LogP contribution in [-0.4, -0.2) is 19.6 Å². The number of hydrogen-bond donors (Lipinski definition) is 0. The third-order valence-corrected chi connectivity index (χ3v) is 2.70. The summed E-state index contributed by atoms with van der Waals surface area (Å²) in [5.74, 6) is -0.500. The molecule has 1 rings (SSSR count). The molecule has 0 heterocycles. The maximum atomic E-state index is 13.3. The molecule has 0 spiro atoms. The van der Waals surface area contributed by atoms with Gasteiger partial charge in [-0.05, 0) is 5.56 Å². The zero-order valence-electron chi connectivity index (χ0n) is 9.87. The van der Waals surface area contributed by atoms with Crippen LogP contribution >= 0.6 is 0 Å². The van der Waals surface area contributed by atoms with Gasteiger partial charge in [0.2, 0.25) is 0 Å². The first kappa shape index (κ1) is 12.8. The summed E-state index contributed by atoms with van der Waals surface area (Å²) < 4.78 is 18.4. The van der Waals surface area contributed by atoms with Crippen LogP contribution in [0.15, 0.2) is 30.3 Å². The first-order chi connectivity index (χ1) is 7.58. The van der Waals surface area contributed by atoms with E-state index in [1.807, 2.05) is 6.07 Å². The Morgan fingerprint density at radius 1 is 1.38 bits per heavy atom. The molecule has 88 valence electrons. The molecule has 0 unspecified atom stereocenters. The average molecular weight is 224 g/mol. The van der Waals surface area contributed by atoms with Crippen LogP contribution < -0.4 is 0 Å². The van der Waals surface area contributed by atoms with Crippen LogP contribution in [0.2, 0.25) is 0 Å². The number of benzene rings is 1. The first-order valence-corrected chi connectivity index (χ1v) is 5.29. The molecular formula is C13H17FO2. The van der Waals surface area contributed by atoms with Gasteiger partial charge in [-0.3, -0.25) is 4.79 Å². The maximum Gasteiger partial charge on any atom is 0.179 e. The van der Waals surface area contributed by atoms with Crippen molar-refractivity contribution in [3.63, 3.8) is 0 Å². The highest BCUT2D eigenvalue weighted by molar-refractivity contribution is 5.90. The third kappa shape index (κ3) is 2.14. The summed E-state index contributed by atoms with van der Waals surface area (Å²) in [7, 11) is 1.37. The highest BCUT2D eigenvalue weighted by Gasteiger charge is 2.41. The van der Waals surface area contributed by atoms with Gasteiger partial charge in [-0.15, -0.1) is 0 Å². The van der Waals surface area contributed by atoms with Crippen LogP contribution in [0.5, 0.6) is 0 Å². The normalized spacial score (nSPS) is 14.8. The number of hydrogen-bond acceptors (Lipinski definition) is 2. The second-order valence-electron chi connectivity index (χ2n) is 4.05. The Balaban J connectivity index is 3.21. The molecule has 0 radical (unpaired) electrons. The number of ketones is 1. The van der Waals surface area contributed by atoms with Crippen molar-refractivity contribution in [2.45, 2.75) is 19.4 Å². The molecule has 0 bridgehead atoms. The number of carbonyl (C=O) groups is 1. The number of Topliss-reactive ketones (excluding diaryl/α,β-unsaturated/α-hetero) is 1. The van der Waals surface area contributed by atoms with Crippen molar-refractivity contribution < 1.29 is 13.9 Å². The Morgan fingerprint density at radius 3 is 2.31 bits per heavy atom. The Bertz CT molecular complexity index is 342. The molecule has 0 aliphatic carbocycles. The summed E-state index contributed by atoms with van der Waals surface area (Å²) in [4.78, 5) is 12.1. The second kappa shape index (κ2) is 5.21. The predicted octanol–water partition coefficient (Wildman–Crippen LogP) is 2.72. The maximum absolute atomic E-state index is 13.3. The van der Waals surface area contributed by atoms with Gasteiger partial charge in [0.15, 0.2) is 11.4 Å². The van der Waals surface area contributed by atoms with Crippen LogP contribution in [0.1, 0.15) is 19.4 Å². The van der Waals surface area contributed by atoms with E-state index in [-0.39, 0.29) is 11.7 Å². The van der Waals surface area contributed by atoms with Crippen molar-refractivity contribution in [2.75, 3.05) is 13.8 Å². The minimum atomic E-state index is -1.45. The van der Waals surface area contributed by atoms with Gasteiger partial charge in [-0.25, -0.2) is 4.39 Å². The van der Waals surface area contributed by atoms with E-state index in [1.165, 1.54) is 7.11 Å². The molecule has 2 nitrogen and oxygen atoms in total. The molecule has 0 saturated heterocycles. The molecule has 0 N–H and O–H groups in total. The molecule has 0 aromatic heterocycles. The van der Waals surface area contributed by atoms with Crippen molar-refractivity contribution in [3.05, 3.63) is 35.9 Å². The molecule has 0 aliphatic heterocycles. The molecule has 1 aromatic carbocycles. The lowest BCUT2D eigenvalue weighted by Gasteiger charge is -2.30. The van der Waals surface area contributed by atoms with Crippen molar-refractivity contribution in [1.29, 1.82) is 0 Å². The largest absolute Gasteiger partial charge is 0.363 e. The number of ether oxygens (including phenoxy) is 1. The van der Waals surface area contributed by atoms with Gasteiger partial charge in [0.05, 0.1) is 0 Å². The molecule has 16 heavy (non-hydrogen) atoms. The Kier molecular flexibility index (Phi) is 4.19. The lowest BCUT2D eigenvalue weighted by Crippen LogP contribution is -2.42. The second-order valence-corrected chi connectivity index (χ2v) is 4.05. The summed E-state index contributed by atoms with van der Waals surface area (Å²) >= 11 is 0. The van der Waals surface area contributed by atoms with Crippen LogP contribution in [0.4, 0.5) is 4.39 Å². The number of alkyl halides is 1. The summed E-state index contributed by atoms with van der Waals surface area (Å²) in [6, 6.07) is 8.79. The SMILES string of the molecule is CO[C@](CF)(C(=O)C(C)C)c1ccccc1. The zero-order valence-corrected chi connectivity index (χ0v) is 9.87. The number of rotatable bonds is 5. The Hall–Kier alpha value is -1.22. The average Bonchev–Trinajstić information content (AvgIpc) is 2.32. The Morgan fingerprint density at radius 2 is 1.94 bits per heavy atom. The highest BCUT2D eigenvalue weighted by atomic mass is 19.1. The van der Waals surface area contributed by atoms with Gasteiger partial charge in [-0.1, -0.05) is 44.2 Å². The summed E-state index contributed by atoms with van der Waals surface area (Å²) in [6.45, 7) is 2.65. The number of halogens is 1. The van der Waals surface area contributed by atoms with Crippen LogP contribution in [0, 0.1) is 5.92 Å². The van der Waals surface area contributed by atoms with Crippen molar-refractivity contribution in [1.82, 2.24) is 0 Å². The highest BCUT2D eigenvalue weighted by Crippen LogP contribution is 2.29. The molecule has 0 amide bonds. The summed E-state index contributed by atoms with van der Waals surface area (Å²) in [5, 5.41) is 0. The summed E-state index contributed by atoms with van der Waals surface area (Å²) in [6.07, 6.45) is 0. The van der Waals surface area contributed by atoms with E-state index in [2.05, 4.69) is 0 Å². The number of carbonyl (C=O) groups excluding carboxylic acids is 1. The molecule has 0 fully saturated rings. The van der Waals surface area contributed by atoms with E-state index in [4.69, 9.17) is 4.74 Å². The van der Waals surface area contributed by atoms with Crippen LogP contribution in [0.25, 0.3) is 0 Å². The van der Waals surface area contributed by atoms with Crippen molar-refractivity contribution >= 4 is 5.78 Å². The van der Waals surface area contributed by atoms with E-state index < -0.39 is 12.3 Å². The van der Waals surface area contributed by atoms with Gasteiger partial charge in [0.1, 0.15) is 6.67 Å². The van der Waals surface area contributed by atoms with Crippen LogP contribution in [-0.2, 0) is 15.1 Å². The monoisotopic (exact) mass is 224 g/mol. The van der Waals surface area contributed by atoms with E-state index in [1.54, 1.807) is 38.1 Å². The molecule has 0 aliphatic rings. The van der Waals surface area contributed by atoms with Gasteiger partial charge >= 0.3 is 0 Å². The van der Waals surface area contributed by atoms with E-state index >= 15 is 0 Å². The minimum Gasteiger partial charge on any atom is -0.363 e. The fourth-order valence-corrected chi connectivity index (χ4v) is 1.73. The molecule has 1 aromatic rings. The standard InChI is InChI=1S/C13H17FO2/c1-10(2)12(15)13(9-14,16-3)11-7-5-4-6-8-11/h4-8,10H,9H2,1-3H3/t13-/m0/s1. The fraction of sp³-hybridized carbons (Fsp3) is 0.462. The lowest BCUT2D eigenvalue weighted by molar-refractivity contribution is -0.148. The quantitative estimate of drug-likeness (QED) is 0.768. The topological polar surface area (TPSA) is 26.3 Å².